The third-order valence-electron chi connectivity index (χ3n) is 4.25. The largest absolute Gasteiger partial charge is 0.416 e. The summed E-state index contributed by atoms with van der Waals surface area (Å²) in [5, 5.41) is 9.19. The van der Waals surface area contributed by atoms with E-state index in [1.54, 1.807) is 0 Å². The highest BCUT2D eigenvalue weighted by Crippen LogP contribution is 2.30. The summed E-state index contributed by atoms with van der Waals surface area (Å²) in [4.78, 5) is 4.16. The molecule has 0 saturated carbocycles. The summed E-state index contributed by atoms with van der Waals surface area (Å²) < 4.78 is 38.0. The van der Waals surface area contributed by atoms with Crippen molar-refractivity contribution in [3.63, 3.8) is 0 Å². The minimum Gasteiger partial charge on any atom is -0.389 e. The monoisotopic (exact) mass is 368 g/mol. The Bertz CT molecular complexity index is 704. The van der Waals surface area contributed by atoms with Gasteiger partial charge >= 0.3 is 6.18 Å². The number of nitrogens with two attached hydrogens (primary N) is 1. The Morgan fingerprint density at radius 1 is 1.16 bits per heavy atom. The third-order valence-corrected chi connectivity index (χ3v) is 4.45. The summed E-state index contributed by atoms with van der Waals surface area (Å²) >= 11 is 4.91. The zero-order chi connectivity index (χ0) is 18.6. The highest BCUT2D eigenvalue weighted by atomic mass is 32.1. The van der Waals surface area contributed by atoms with Crippen LogP contribution < -0.4 is 10.6 Å². The molecule has 0 amide bonds. The van der Waals surface area contributed by atoms with Crippen LogP contribution in [-0.4, -0.2) is 36.1 Å². The molecule has 0 radical (unpaired) electrons. The molecule has 0 aliphatic carbocycles. The molecule has 0 atom stereocenters. The molecule has 1 aliphatic rings. The summed E-state index contributed by atoms with van der Waals surface area (Å²) in [6.45, 7) is 4.55. The van der Waals surface area contributed by atoms with E-state index in [1.165, 1.54) is 12.1 Å². The molecule has 1 heterocycles. The molecule has 0 aromatic heterocycles. The van der Waals surface area contributed by atoms with E-state index in [2.05, 4.69) is 0 Å². The van der Waals surface area contributed by atoms with Gasteiger partial charge in [-0.25, -0.2) is 0 Å². The molecule has 4 nitrogen and oxygen atoms in total. The first kappa shape index (κ1) is 19.1. The highest BCUT2D eigenvalue weighted by molar-refractivity contribution is 7.80. The maximum Gasteiger partial charge on any atom is 0.416 e. The number of rotatable bonds is 3. The first-order valence-electron chi connectivity index (χ1n) is 7.82. The summed E-state index contributed by atoms with van der Waals surface area (Å²) in [5.74, 6) is 0. The maximum atomic E-state index is 12.7. The smallest absolute Gasteiger partial charge is 0.389 e. The fourth-order valence-electron chi connectivity index (χ4n) is 2.84. The van der Waals surface area contributed by atoms with Crippen molar-refractivity contribution >= 4 is 22.9 Å². The molecule has 0 bridgehead atoms. The molecule has 134 valence electrons. The summed E-state index contributed by atoms with van der Waals surface area (Å²) in [7, 11) is 0. The molecule has 0 unspecified atom stereocenters. The van der Waals surface area contributed by atoms with Crippen LogP contribution in [0.3, 0.4) is 0 Å². The van der Waals surface area contributed by atoms with Gasteiger partial charge in [0.25, 0.3) is 0 Å². The SMILES string of the molecule is CC(=C(C#N)C(N)=S)N1CCCN(c2ccc(C(F)(F)F)cc2)CC1. The lowest BCUT2D eigenvalue weighted by Gasteiger charge is -2.26. The number of anilines is 1. The van der Waals surface area contributed by atoms with Gasteiger partial charge in [-0.05, 0) is 37.6 Å². The second kappa shape index (κ2) is 7.74. The van der Waals surface area contributed by atoms with E-state index in [0.717, 1.165) is 43.0 Å². The second-order valence-electron chi connectivity index (χ2n) is 5.81. The van der Waals surface area contributed by atoms with Crippen LogP contribution in [0.15, 0.2) is 35.5 Å². The average Bonchev–Trinajstić information content (AvgIpc) is 2.80. The lowest BCUT2D eigenvalue weighted by Crippen LogP contribution is -2.31. The topological polar surface area (TPSA) is 56.3 Å². The molecule has 25 heavy (non-hydrogen) atoms. The summed E-state index contributed by atoms with van der Waals surface area (Å²) in [6.07, 6.45) is -3.52. The summed E-state index contributed by atoms with van der Waals surface area (Å²) in [5.41, 5.74) is 6.73. The molecule has 2 rings (SSSR count). The van der Waals surface area contributed by atoms with E-state index in [1.807, 2.05) is 22.8 Å². The van der Waals surface area contributed by atoms with E-state index < -0.39 is 11.7 Å². The quantitative estimate of drug-likeness (QED) is 0.504. The van der Waals surface area contributed by atoms with Crippen molar-refractivity contribution in [1.82, 2.24) is 4.90 Å². The van der Waals surface area contributed by atoms with Crippen LogP contribution in [0.1, 0.15) is 18.9 Å². The van der Waals surface area contributed by atoms with Crippen molar-refractivity contribution in [1.29, 1.82) is 5.26 Å². The van der Waals surface area contributed by atoms with Gasteiger partial charge in [0.2, 0.25) is 0 Å². The molecular weight excluding hydrogens is 349 g/mol. The fraction of sp³-hybridized carbons (Fsp3) is 0.412. The number of hydrogen-bond donors (Lipinski definition) is 1. The predicted molar refractivity (Wildman–Crippen MR) is 94.9 cm³/mol. The number of benzene rings is 1. The van der Waals surface area contributed by atoms with Crippen molar-refractivity contribution in [2.75, 3.05) is 31.1 Å². The Hall–Kier alpha value is -2.27. The lowest BCUT2D eigenvalue weighted by atomic mass is 10.2. The van der Waals surface area contributed by atoms with Crippen LogP contribution >= 0.6 is 12.2 Å². The number of thiocarbonyl (C=S) groups is 1. The van der Waals surface area contributed by atoms with Gasteiger partial charge in [0.1, 0.15) is 16.6 Å². The van der Waals surface area contributed by atoms with Gasteiger partial charge in [-0.1, -0.05) is 12.2 Å². The molecule has 2 N–H and O–H groups in total. The zero-order valence-corrected chi connectivity index (χ0v) is 14.6. The molecule has 1 aliphatic heterocycles. The van der Waals surface area contributed by atoms with Crippen LogP contribution in [0, 0.1) is 11.3 Å². The van der Waals surface area contributed by atoms with Crippen molar-refractivity contribution in [2.45, 2.75) is 19.5 Å². The van der Waals surface area contributed by atoms with Gasteiger partial charge < -0.3 is 15.5 Å². The number of nitrogens with zero attached hydrogens (tertiary/aromatic N) is 3. The van der Waals surface area contributed by atoms with E-state index in [0.29, 0.717) is 18.7 Å². The number of halogens is 3. The van der Waals surface area contributed by atoms with Crippen LogP contribution in [0.5, 0.6) is 0 Å². The Morgan fingerprint density at radius 2 is 1.80 bits per heavy atom. The normalized spacial score (nSPS) is 16.8. The minimum absolute atomic E-state index is 0.0730. The van der Waals surface area contributed by atoms with E-state index in [4.69, 9.17) is 18.0 Å². The molecule has 0 spiro atoms. The molecule has 8 heteroatoms. The van der Waals surface area contributed by atoms with Crippen LogP contribution in [0.4, 0.5) is 18.9 Å². The number of hydrogen-bond acceptors (Lipinski definition) is 4. The Balaban J connectivity index is 2.12. The molecule has 1 saturated heterocycles. The number of nitriles is 1. The summed E-state index contributed by atoms with van der Waals surface area (Å²) in [6, 6.07) is 7.23. The Morgan fingerprint density at radius 3 is 2.32 bits per heavy atom. The maximum absolute atomic E-state index is 12.7. The van der Waals surface area contributed by atoms with E-state index in [9.17, 15) is 18.4 Å². The van der Waals surface area contributed by atoms with Crippen LogP contribution in [-0.2, 0) is 6.18 Å². The molecule has 1 aromatic carbocycles. The molecule has 1 fully saturated rings. The van der Waals surface area contributed by atoms with Gasteiger partial charge in [0, 0.05) is 37.6 Å². The van der Waals surface area contributed by atoms with Gasteiger partial charge in [-0.15, -0.1) is 0 Å². The van der Waals surface area contributed by atoms with Crippen LogP contribution in [0.25, 0.3) is 0 Å². The van der Waals surface area contributed by atoms with Gasteiger partial charge in [0.05, 0.1) is 5.56 Å². The molecule has 1 aromatic rings. The van der Waals surface area contributed by atoms with Gasteiger partial charge in [-0.3, -0.25) is 0 Å². The van der Waals surface area contributed by atoms with Crippen molar-refractivity contribution < 1.29 is 13.2 Å². The fourth-order valence-corrected chi connectivity index (χ4v) is 3.04. The molecular formula is C17H19F3N4S. The Kier molecular flexibility index (Phi) is 5.90. The van der Waals surface area contributed by atoms with Crippen molar-refractivity contribution in [3.8, 4) is 6.07 Å². The van der Waals surface area contributed by atoms with Crippen molar-refractivity contribution in [2.24, 2.45) is 5.73 Å². The first-order chi connectivity index (χ1) is 11.7. The highest BCUT2D eigenvalue weighted by Gasteiger charge is 2.30. The van der Waals surface area contributed by atoms with E-state index in [-0.39, 0.29) is 4.99 Å². The third kappa shape index (κ3) is 4.63. The Labute approximate surface area is 150 Å². The van der Waals surface area contributed by atoms with Gasteiger partial charge in [0.15, 0.2) is 0 Å². The average molecular weight is 368 g/mol. The lowest BCUT2D eigenvalue weighted by molar-refractivity contribution is -0.137. The van der Waals surface area contributed by atoms with Crippen LogP contribution in [0.2, 0.25) is 0 Å². The predicted octanol–water partition coefficient (Wildman–Crippen LogP) is 3.30. The standard InChI is InChI=1S/C17H19F3N4S/c1-12(15(11-21)16(22)25)23-7-2-8-24(10-9-23)14-5-3-13(4-6-14)17(18,19)20/h3-6H,2,7-10H2,1H3,(H2,22,25). The number of alkyl halides is 3. The number of allylic oxidation sites excluding steroid dienone is 1. The zero-order valence-electron chi connectivity index (χ0n) is 13.8. The van der Waals surface area contributed by atoms with Crippen molar-refractivity contribution in [3.05, 3.63) is 41.1 Å². The van der Waals surface area contributed by atoms with Gasteiger partial charge in [-0.2, -0.15) is 18.4 Å². The minimum atomic E-state index is -4.33. The second-order valence-corrected chi connectivity index (χ2v) is 6.25. The van der Waals surface area contributed by atoms with E-state index >= 15 is 0 Å². The first-order valence-corrected chi connectivity index (χ1v) is 8.23.